The van der Waals surface area contributed by atoms with E-state index in [2.05, 4.69) is 47.9 Å². The Labute approximate surface area is 190 Å². The zero-order valence-electron chi connectivity index (χ0n) is 17.3. The molecule has 0 saturated carbocycles. The van der Waals surface area contributed by atoms with Crippen LogP contribution in [0.15, 0.2) is 65.2 Å². The molecule has 0 radical (unpaired) electrons. The lowest BCUT2D eigenvalue weighted by Crippen LogP contribution is -2.34. The van der Waals surface area contributed by atoms with Crippen LogP contribution in [0.4, 0.5) is 5.69 Å². The summed E-state index contributed by atoms with van der Waals surface area (Å²) in [6.45, 7) is 2.03. The lowest BCUT2D eigenvalue weighted by Gasteiger charge is -2.34. The number of imidazole rings is 1. The molecule has 1 aliphatic heterocycles. The number of piperidine rings is 1. The van der Waals surface area contributed by atoms with E-state index in [1.54, 1.807) is 0 Å². The number of fused-ring (bicyclic) bond motifs is 1. The van der Waals surface area contributed by atoms with Gasteiger partial charge in [-0.3, -0.25) is 4.98 Å². The quantitative estimate of drug-likeness (QED) is 0.566. The van der Waals surface area contributed by atoms with Crippen molar-refractivity contribution >= 4 is 38.4 Å². The second kappa shape index (κ2) is 8.67. The number of halogens is 1. The van der Waals surface area contributed by atoms with Crippen LogP contribution >= 0.6 is 15.9 Å². The molecule has 5 rings (SSSR count). The Balaban J connectivity index is 1.38. The minimum atomic E-state index is 0.689. The molecule has 3 N–H and O–H groups in total. The largest absolute Gasteiger partial charge is 0.399 e. The predicted octanol–water partition coefficient (Wildman–Crippen LogP) is 4.76. The topological polar surface area (TPSA) is 83.7 Å². The van der Waals surface area contributed by atoms with Crippen molar-refractivity contribution < 1.29 is 0 Å². The van der Waals surface area contributed by atoms with Gasteiger partial charge in [0.25, 0.3) is 0 Å². The Morgan fingerprint density at radius 2 is 2.06 bits per heavy atom. The number of H-pyrrole nitrogens is 1. The van der Waals surface area contributed by atoms with Gasteiger partial charge in [0.05, 0.1) is 10.2 Å². The maximum atomic E-state index is 5.92. The predicted molar refractivity (Wildman–Crippen MR) is 128 cm³/mol. The summed E-state index contributed by atoms with van der Waals surface area (Å²) in [5.41, 5.74) is 12.0. The first-order chi connectivity index (χ1) is 15.2. The number of anilines is 1. The first-order valence-electron chi connectivity index (χ1n) is 10.7. The third kappa shape index (κ3) is 4.28. The highest BCUT2D eigenvalue weighted by atomic mass is 79.9. The molecule has 7 heteroatoms. The van der Waals surface area contributed by atoms with E-state index < -0.39 is 0 Å². The third-order valence-electron chi connectivity index (χ3n) is 6.06. The van der Waals surface area contributed by atoms with Crippen LogP contribution in [0.5, 0.6) is 0 Å². The van der Waals surface area contributed by atoms with E-state index >= 15 is 0 Å². The van der Waals surface area contributed by atoms with Crippen LogP contribution in [-0.4, -0.2) is 33.0 Å². The number of rotatable bonds is 4. The van der Waals surface area contributed by atoms with Gasteiger partial charge in [0, 0.05) is 37.4 Å². The van der Waals surface area contributed by atoms with Crippen LogP contribution in [0.1, 0.15) is 30.7 Å². The summed E-state index contributed by atoms with van der Waals surface area (Å²) in [6, 6.07) is 4.20. The highest BCUT2D eigenvalue weighted by Gasteiger charge is 2.24. The van der Waals surface area contributed by atoms with Crippen molar-refractivity contribution in [2.45, 2.75) is 25.7 Å². The summed E-state index contributed by atoms with van der Waals surface area (Å²) < 4.78 is 1.000. The summed E-state index contributed by atoms with van der Waals surface area (Å²) >= 11 is 3.74. The Morgan fingerprint density at radius 3 is 2.87 bits per heavy atom. The van der Waals surface area contributed by atoms with Crippen molar-refractivity contribution in [3.8, 4) is 0 Å². The van der Waals surface area contributed by atoms with Crippen molar-refractivity contribution in [1.82, 2.24) is 19.9 Å². The molecular weight excluding hydrogens is 452 g/mol. The number of aromatic amines is 1. The minimum Gasteiger partial charge on any atom is -0.399 e. The fraction of sp³-hybridized carbons (Fsp3) is 0.292. The van der Waals surface area contributed by atoms with Gasteiger partial charge in [0.2, 0.25) is 0 Å². The van der Waals surface area contributed by atoms with Crippen LogP contribution in [0.3, 0.4) is 0 Å². The number of nitrogens with zero attached hydrogens (tertiary/aromatic N) is 4. The Morgan fingerprint density at radius 1 is 1.19 bits per heavy atom. The van der Waals surface area contributed by atoms with Crippen LogP contribution in [0, 0.1) is 5.92 Å². The fourth-order valence-electron chi connectivity index (χ4n) is 4.41. The van der Waals surface area contributed by atoms with Crippen molar-refractivity contribution in [3.05, 3.63) is 76.6 Å². The van der Waals surface area contributed by atoms with Crippen molar-refractivity contribution in [2.75, 3.05) is 18.0 Å². The van der Waals surface area contributed by atoms with E-state index in [-0.39, 0.29) is 0 Å². The standard InChI is InChI=1S/C24H25BrN6/c25-20-15-28-24-21(29-23(30-24)18-4-1-5-19(26)7-6-18)22(20)31-11-8-16(9-12-31)13-17-3-2-10-27-14-17/h1-3,5-7,10,14-16H,4,8-9,11-13,26H2,(H,28,29,30). The van der Waals surface area contributed by atoms with E-state index in [9.17, 15) is 0 Å². The number of hydrogen-bond acceptors (Lipinski definition) is 5. The van der Waals surface area contributed by atoms with E-state index in [0.717, 1.165) is 77.2 Å². The van der Waals surface area contributed by atoms with Gasteiger partial charge >= 0.3 is 0 Å². The molecule has 4 heterocycles. The molecule has 1 saturated heterocycles. The molecule has 31 heavy (non-hydrogen) atoms. The summed E-state index contributed by atoms with van der Waals surface area (Å²) in [6.07, 6.45) is 17.8. The van der Waals surface area contributed by atoms with Crippen molar-refractivity contribution in [1.29, 1.82) is 0 Å². The molecule has 3 aromatic rings. The number of hydrogen-bond donors (Lipinski definition) is 2. The number of nitrogens with two attached hydrogens (primary N) is 1. The molecule has 6 nitrogen and oxygen atoms in total. The molecular formula is C24H25BrN6. The molecule has 2 aliphatic rings. The van der Waals surface area contributed by atoms with Crippen LogP contribution in [0.25, 0.3) is 16.7 Å². The van der Waals surface area contributed by atoms with Crippen molar-refractivity contribution in [3.63, 3.8) is 0 Å². The van der Waals surface area contributed by atoms with E-state index in [4.69, 9.17) is 10.7 Å². The average molecular weight is 477 g/mol. The van der Waals surface area contributed by atoms with E-state index in [0.29, 0.717) is 5.92 Å². The van der Waals surface area contributed by atoms with Gasteiger partial charge in [-0.15, -0.1) is 0 Å². The van der Waals surface area contributed by atoms with Crippen LogP contribution < -0.4 is 10.6 Å². The molecule has 0 bridgehead atoms. The molecule has 1 fully saturated rings. The molecule has 158 valence electrons. The third-order valence-corrected chi connectivity index (χ3v) is 6.64. The molecule has 0 amide bonds. The average Bonchev–Trinajstić information content (AvgIpc) is 3.09. The summed E-state index contributed by atoms with van der Waals surface area (Å²) in [4.78, 5) is 19.6. The molecule has 0 unspecified atom stereocenters. The zero-order valence-corrected chi connectivity index (χ0v) is 18.8. The monoisotopic (exact) mass is 476 g/mol. The number of aromatic nitrogens is 4. The first-order valence-corrected chi connectivity index (χ1v) is 11.5. The lowest BCUT2D eigenvalue weighted by atomic mass is 9.90. The first kappa shape index (κ1) is 20.0. The van der Waals surface area contributed by atoms with Crippen LogP contribution in [-0.2, 0) is 6.42 Å². The number of allylic oxidation sites excluding steroid dienone is 5. The van der Waals surface area contributed by atoms with Gasteiger partial charge in [-0.25, -0.2) is 9.97 Å². The fourth-order valence-corrected chi connectivity index (χ4v) is 4.96. The maximum Gasteiger partial charge on any atom is 0.180 e. The summed E-state index contributed by atoms with van der Waals surface area (Å²) in [7, 11) is 0. The van der Waals surface area contributed by atoms with Crippen LogP contribution in [0.2, 0.25) is 0 Å². The highest BCUT2D eigenvalue weighted by molar-refractivity contribution is 9.10. The van der Waals surface area contributed by atoms with Gasteiger partial charge in [-0.1, -0.05) is 18.2 Å². The molecule has 3 aromatic heterocycles. The van der Waals surface area contributed by atoms with E-state index in [1.165, 1.54) is 5.56 Å². The summed E-state index contributed by atoms with van der Waals surface area (Å²) in [5, 5.41) is 0. The second-order valence-corrected chi connectivity index (χ2v) is 9.05. The number of nitrogens with one attached hydrogen (secondary N) is 1. The summed E-state index contributed by atoms with van der Waals surface area (Å²) in [5.74, 6) is 1.54. The van der Waals surface area contributed by atoms with Gasteiger partial charge < -0.3 is 15.6 Å². The second-order valence-electron chi connectivity index (χ2n) is 8.20. The molecule has 1 aliphatic carbocycles. The van der Waals surface area contributed by atoms with Gasteiger partial charge in [0.15, 0.2) is 5.65 Å². The van der Waals surface area contributed by atoms with Gasteiger partial charge in [-0.2, -0.15) is 0 Å². The van der Waals surface area contributed by atoms with Crippen molar-refractivity contribution in [2.24, 2.45) is 11.7 Å². The molecule has 0 aromatic carbocycles. The van der Waals surface area contributed by atoms with Gasteiger partial charge in [0.1, 0.15) is 11.3 Å². The maximum absolute atomic E-state index is 5.92. The molecule has 0 spiro atoms. The Kier molecular flexibility index (Phi) is 5.59. The zero-order chi connectivity index (χ0) is 21.2. The smallest absolute Gasteiger partial charge is 0.180 e. The van der Waals surface area contributed by atoms with Gasteiger partial charge in [-0.05, 0) is 76.9 Å². The molecule has 0 atom stereocenters. The SMILES string of the molecule is NC1=CC=C(c2nc3ncc(Br)c(N4CCC(Cc5cccnc5)CC4)c3[nH]2)CC=C1. The number of pyridine rings is 2. The highest BCUT2D eigenvalue weighted by Crippen LogP contribution is 2.36. The Bertz CT molecular complexity index is 1170. The van der Waals surface area contributed by atoms with E-state index in [1.807, 2.05) is 42.9 Å². The lowest BCUT2D eigenvalue weighted by molar-refractivity contribution is 0.403. The normalized spacial score (nSPS) is 17.5. The Hall–Kier alpha value is -2.93. The minimum absolute atomic E-state index is 0.689.